The minimum Gasteiger partial charge on any atom is -0.444 e. The second-order valence-electron chi connectivity index (χ2n) is 6.50. The van der Waals surface area contributed by atoms with Crippen molar-refractivity contribution >= 4 is 23.5 Å². The molecule has 1 fully saturated rings. The molecule has 124 valence electrons. The Hall–Kier alpha value is -2.37. The predicted octanol–water partition coefficient (Wildman–Crippen LogP) is 2.59. The van der Waals surface area contributed by atoms with Gasteiger partial charge in [0.1, 0.15) is 5.60 Å². The molecule has 0 unspecified atom stereocenters. The minimum absolute atomic E-state index is 0.268. The summed E-state index contributed by atoms with van der Waals surface area (Å²) in [5.41, 5.74) is -0.0992. The Bertz CT molecular complexity index is 592. The van der Waals surface area contributed by atoms with Crippen LogP contribution in [0.1, 0.15) is 33.6 Å². The fraction of sp³-hybridized carbons (Fsp3) is 0.471. The van der Waals surface area contributed by atoms with Crippen LogP contribution in [0.5, 0.6) is 0 Å². The van der Waals surface area contributed by atoms with E-state index in [-0.39, 0.29) is 12.2 Å². The van der Waals surface area contributed by atoms with Crippen molar-refractivity contribution in [3.63, 3.8) is 0 Å². The third-order valence-electron chi connectivity index (χ3n) is 3.36. The first-order chi connectivity index (χ1) is 10.8. The molecular weight excluding hydrogens is 296 g/mol. The third-order valence-corrected chi connectivity index (χ3v) is 3.36. The van der Waals surface area contributed by atoms with E-state index in [2.05, 4.69) is 5.32 Å². The maximum atomic E-state index is 12.5. The molecule has 0 spiro atoms. The smallest absolute Gasteiger partial charge is 0.411 e. The number of para-hydroxylation sites is 1. The van der Waals surface area contributed by atoms with Crippen molar-refractivity contribution < 1.29 is 19.1 Å². The van der Waals surface area contributed by atoms with E-state index < -0.39 is 23.6 Å². The lowest BCUT2D eigenvalue weighted by Crippen LogP contribution is -2.55. The molecule has 2 rings (SSSR count). The molecule has 1 heterocycles. The van der Waals surface area contributed by atoms with Crippen LogP contribution in [0, 0.1) is 0 Å². The van der Waals surface area contributed by atoms with Crippen molar-refractivity contribution in [2.75, 3.05) is 11.9 Å². The summed E-state index contributed by atoms with van der Waals surface area (Å²) in [5, 5.41) is 2.68. The van der Waals surface area contributed by atoms with Crippen LogP contribution in [0.25, 0.3) is 0 Å². The van der Waals surface area contributed by atoms with Gasteiger partial charge in [0.05, 0.1) is 0 Å². The second-order valence-corrected chi connectivity index (χ2v) is 6.50. The molecular formula is C17H22N2O4. The van der Waals surface area contributed by atoms with E-state index in [1.807, 2.05) is 6.07 Å². The van der Waals surface area contributed by atoms with Gasteiger partial charge in [0.25, 0.3) is 5.91 Å². The molecule has 6 heteroatoms. The Morgan fingerprint density at radius 2 is 1.87 bits per heavy atom. The molecule has 6 nitrogen and oxygen atoms in total. The van der Waals surface area contributed by atoms with E-state index >= 15 is 0 Å². The summed E-state index contributed by atoms with van der Waals surface area (Å²) < 4.78 is 5.31. The largest absolute Gasteiger partial charge is 0.444 e. The van der Waals surface area contributed by atoms with Crippen molar-refractivity contribution in [3.05, 3.63) is 30.3 Å². The highest BCUT2D eigenvalue weighted by Crippen LogP contribution is 2.20. The molecule has 1 atom stereocenters. The molecule has 2 amide bonds. The number of amides is 2. The number of nitrogens with zero attached hydrogens (tertiary/aromatic N) is 1. The Morgan fingerprint density at radius 1 is 1.22 bits per heavy atom. The molecule has 0 saturated carbocycles. The van der Waals surface area contributed by atoms with Crippen LogP contribution in [0.15, 0.2) is 30.3 Å². The average molecular weight is 318 g/mol. The minimum atomic E-state index is -1.14. The van der Waals surface area contributed by atoms with Gasteiger partial charge < -0.3 is 10.1 Å². The fourth-order valence-electron chi connectivity index (χ4n) is 2.40. The van der Waals surface area contributed by atoms with Gasteiger partial charge in [0.15, 0.2) is 11.8 Å². The highest BCUT2D eigenvalue weighted by molar-refractivity contribution is 6.12. The standard InChI is InChI=1S/C17H22N2O4/c1-17(2,3)23-16(22)19-11-7-10-13(20)14(19)15(21)18-12-8-5-4-6-9-12/h4-6,8-9,14H,7,10-11H2,1-3H3,(H,18,21)/t14-/m0/s1. The van der Waals surface area contributed by atoms with Gasteiger partial charge in [0, 0.05) is 18.7 Å². The molecule has 1 N–H and O–H groups in total. The summed E-state index contributed by atoms with van der Waals surface area (Å²) in [4.78, 5) is 38.2. The second kappa shape index (κ2) is 6.81. The Labute approximate surface area is 135 Å². The highest BCUT2D eigenvalue weighted by atomic mass is 16.6. The van der Waals surface area contributed by atoms with Crippen molar-refractivity contribution in [1.29, 1.82) is 0 Å². The first-order valence-electron chi connectivity index (χ1n) is 7.66. The van der Waals surface area contributed by atoms with Crippen molar-refractivity contribution in [2.45, 2.75) is 45.3 Å². The Kier molecular flexibility index (Phi) is 5.03. The lowest BCUT2D eigenvalue weighted by molar-refractivity contribution is -0.135. The van der Waals surface area contributed by atoms with Crippen LogP contribution in [0.2, 0.25) is 0 Å². The number of Topliss-reactive ketones (excluding diaryl/α,β-unsaturated/α-hetero) is 1. The summed E-state index contributed by atoms with van der Waals surface area (Å²) >= 11 is 0. The first-order valence-corrected chi connectivity index (χ1v) is 7.66. The van der Waals surface area contributed by atoms with Crippen molar-refractivity contribution in [1.82, 2.24) is 4.90 Å². The lowest BCUT2D eigenvalue weighted by atomic mass is 10.00. The lowest BCUT2D eigenvalue weighted by Gasteiger charge is -2.34. The number of anilines is 1. The molecule has 23 heavy (non-hydrogen) atoms. The Balaban J connectivity index is 2.15. The van der Waals surface area contributed by atoms with Gasteiger partial charge in [-0.05, 0) is 39.3 Å². The number of benzene rings is 1. The van der Waals surface area contributed by atoms with Crippen LogP contribution in [0.4, 0.5) is 10.5 Å². The maximum absolute atomic E-state index is 12.5. The topological polar surface area (TPSA) is 75.7 Å². The van der Waals surface area contributed by atoms with Crippen LogP contribution >= 0.6 is 0 Å². The number of piperidine rings is 1. The normalized spacial score (nSPS) is 18.5. The molecule has 0 aromatic heterocycles. The molecule has 1 aromatic rings. The summed E-state index contributed by atoms with van der Waals surface area (Å²) in [7, 11) is 0. The summed E-state index contributed by atoms with van der Waals surface area (Å²) in [5.74, 6) is -0.776. The molecule has 0 bridgehead atoms. The molecule has 0 radical (unpaired) electrons. The maximum Gasteiger partial charge on any atom is 0.411 e. The number of likely N-dealkylation sites (tertiary alicyclic amines) is 1. The quantitative estimate of drug-likeness (QED) is 0.850. The van der Waals surface area contributed by atoms with Crippen LogP contribution in [-0.2, 0) is 14.3 Å². The van der Waals surface area contributed by atoms with Crippen LogP contribution in [-0.4, -0.2) is 40.9 Å². The summed E-state index contributed by atoms with van der Waals surface area (Å²) in [6.07, 6.45) is 0.179. The number of hydrogen-bond acceptors (Lipinski definition) is 4. The third kappa shape index (κ3) is 4.55. The molecule has 1 saturated heterocycles. The van der Waals surface area contributed by atoms with Gasteiger partial charge in [0.2, 0.25) is 0 Å². The Morgan fingerprint density at radius 3 is 2.48 bits per heavy atom. The van der Waals surface area contributed by atoms with E-state index in [9.17, 15) is 14.4 Å². The van der Waals surface area contributed by atoms with Crippen LogP contribution in [0.3, 0.4) is 0 Å². The number of carbonyl (C=O) groups is 3. The van der Waals surface area contributed by atoms with Gasteiger partial charge in [-0.25, -0.2) is 4.79 Å². The van der Waals surface area contributed by atoms with Gasteiger partial charge in [-0.1, -0.05) is 18.2 Å². The number of ketones is 1. The van der Waals surface area contributed by atoms with E-state index in [4.69, 9.17) is 4.74 Å². The zero-order valence-corrected chi connectivity index (χ0v) is 13.7. The van der Waals surface area contributed by atoms with Gasteiger partial charge in [-0.3, -0.25) is 14.5 Å². The van der Waals surface area contributed by atoms with E-state index in [1.165, 1.54) is 4.90 Å². The molecule has 1 aliphatic rings. The highest BCUT2D eigenvalue weighted by Gasteiger charge is 2.40. The van der Waals surface area contributed by atoms with Crippen molar-refractivity contribution in [3.8, 4) is 0 Å². The number of rotatable bonds is 2. The average Bonchev–Trinajstić information content (AvgIpc) is 2.46. The van der Waals surface area contributed by atoms with Gasteiger partial charge in [-0.15, -0.1) is 0 Å². The number of hydrogen-bond donors (Lipinski definition) is 1. The predicted molar refractivity (Wildman–Crippen MR) is 86.0 cm³/mol. The van der Waals surface area contributed by atoms with Gasteiger partial charge >= 0.3 is 6.09 Å². The summed E-state index contributed by atoms with van der Waals surface area (Å²) in [6.45, 7) is 5.56. The number of nitrogens with one attached hydrogen (secondary N) is 1. The zero-order chi connectivity index (χ0) is 17.0. The SMILES string of the molecule is CC(C)(C)OC(=O)N1CCCC(=O)[C@H]1C(=O)Nc1ccccc1. The van der Waals surface area contributed by atoms with E-state index in [1.54, 1.807) is 45.0 Å². The molecule has 0 aliphatic carbocycles. The van der Waals surface area contributed by atoms with Gasteiger partial charge in [-0.2, -0.15) is 0 Å². The van der Waals surface area contributed by atoms with Crippen molar-refractivity contribution in [2.24, 2.45) is 0 Å². The molecule has 1 aromatic carbocycles. The number of carbonyl (C=O) groups excluding carboxylic acids is 3. The monoisotopic (exact) mass is 318 g/mol. The fourth-order valence-corrected chi connectivity index (χ4v) is 2.40. The van der Waals surface area contributed by atoms with Crippen LogP contribution < -0.4 is 5.32 Å². The van der Waals surface area contributed by atoms with E-state index in [0.29, 0.717) is 18.7 Å². The molecule has 1 aliphatic heterocycles. The summed E-state index contributed by atoms with van der Waals surface area (Å²) in [6, 6.07) is 7.70. The first kappa shape index (κ1) is 17.0. The van der Waals surface area contributed by atoms with E-state index in [0.717, 1.165) is 0 Å². The zero-order valence-electron chi connectivity index (χ0n) is 13.7. The number of ether oxygens (including phenoxy) is 1.